The van der Waals surface area contributed by atoms with E-state index in [4.69, 9.17) is 0 Å². The standard InChI is InChI=1S/C22H19F3N4O2S2/c1-2-3-11-29-20(31)18-17(15-5-4-10-26-19(15)33-18)28-21(29)32-12-16(30)27-14-8-6-13(7-9-14)22(23,24)25/h4-10H,2-3,11-12H2,1H3,(H,27,30). The highest BCUT2D eigenvalue weighted by Gasteiger charge is 2.30. The van der Waals surface area contributed by atoms with Crippen LogP contribution in [0.1, 0.15) is 25.3 Å². The van der Waals surface area contributed by atoms with E-state index in [1.54, 1.807) is 16.8 Å². The lowest BCUT2D eigenvalue weighted by Crippen LogP contribution is -2.23. The second-order valence-electron chi connectivity index (χ2n) is 7.25. The highest BCUT2D eigenvalue weighted by atomic mass is 32.2. The number of anilines is 1. The van der Waals surface area contributed by atoms with Gasteiger partial charge in [0, 0.05) is 23.8 Å². The number of hydrogen-bond acceptors (Lipinski definition) is 6. The van der Waals surface area contributed by atoms with E-state index in [-0.39, 0.29) is 17.0 Å². The average Bonchev–Trinajstić information content (AvgIpc) is 3.16. The van der Waals surface area contributed by atoms with Crippen LogP contribution in [0.2, 0.25) is 0 Å². The smallest absolute Gasteiger partial charge is 0.325 e. The Kier molecular flexibility index (Phi) is 6.71. The number of thioether (sulfide) groups is 1. The first-order valence-electron chi connectivity index (χ1n) is 10.2. The van der Waals surface area contributed by atoms with Crippen molar-refractivity contribution < 1.29 is 18.0 Å². The number of thiophene rings is 1. The topological polar surface area (TPSA) is 76.9 Å². The normalized spacial score (nSPS) is 11.9. The third kappa shape index (κ3) is 5.03. The van der Waals surface area contributed by atoms with Crippen LogP contribution >= 0.6 is 23.1 Å². The molecule has 0 spiro atoms. The monoisotopic (exact) mass is 492 g/mol. The van der Waals surface area contributed by atoms with Gasteiger partial charge in [-0.2, -0.15) is 13.2 Å². The molecule has 0 aliphatic carbocycles. The Hall–Kier alpha value is -2.92. The molecule has 0 saturated carbocycles. The van der Waals surface area contributed by atoms with Crippen molar-refractivity contribution in [1.29, 1.82) is 0 Å². The number of pyridine rings is 1. The van der Waals surface area contributed by atoms with Gasteiger partial charge in [0.05, 0.1) is 16.8 Å². The minimum atomic E-state index is -4.44. The number of nitrogens with zero attached hydrogens (tertiary/aromatic N) is 3. The van der Waals surface area contributed by atoms with Gasteiger partial charge in [-0.3, -0.25) is 14.2 Å². The minimum absolute atomic E-state index is 0.0502. The number of rotatable bonds is 7. The summed E-state index contributed by atoms with van der Waals surface area (Å²) in [5, 5.41) is 3.79. The molecule has 0 atom stereocenters. The van der Waals surface area contributed by atoms with Crippen molar-refractivity contribution >= 4 is 55.1 Å². The fourth-order valence-corrected chi connectivity index (χ4v) is 5.08. The largest absolute Gasteiger partial charge is 0.416 e. The number of halogens is 3. The maximum atomic E-state index is 13.2. The third-order valence-electron chi connectivity index (χ3n) is 4.88. The zero-order chi connectivity index (χ0) is 23.6. The molecule has 0 radical (unpaired) electrons. The maximum absolute atomic E-state index is 13.2. The number of alkyl halides is 3. The fraction of sp³-hybridized carbons (Fsp3) is 0.273. The molecule has 3 aromatic heterocycles. The van der Waals surface area contributed by atoms with Crippen LogP contribution in [0.4, 0.5) is 18.9 Å². The highest BCUT2D eigenvalue weighted by molar-refractivity contribution is 7.99. The van der Waals surface area contributed by atoms with Gasteiger partial charge in [0.1, 0.15) is 9.53 Å². The van der Waals surface area contributed by atoms with Gasteiger partial charge in [0.15, 0.2) is 5.16 Å². The van der Waals surface area contributed by atoms with Crippen LogP contribution in [0.5, 0.6) is 0 Å². The lowest BCUT2D eigenvalue weighted by molar-refractivity contribution is -0.137. The van der Waals surface area contributed by atoms with Gasteiger partial charge >= 0.3 is 6.18 Å². The van der Waals surface area contributed by atoms with Gasteiger partial charge in [-0.25, -0.2) is 9.97 Å². The molecule has 33 heavy (non-hydrogen) atoms. The fourth-order valence-electron chi connectivity index (χ4n) is 3.23. The number of amides is 1. The minimum Gasteiger partial charge on any atom is -0.325 e. The van der Waals surface area contributed by atoms with Crippen molar-refractivity contribution in [2.24, 2.45) is 0 Å². The van der Waals surface area contributed by atoms with E-state index in [1.807, 2.05) is 13.0 Å². The summed E-state index contributed by atoms with van der Waals surface area (Å²) in [5.74, 6) is -0.459. The van der Waals surface area contributed by atoms with Gasteiger partial charge in [-0.1, -0.05) is 25.1 Å². The predicted molar refractivity (Wildman–Crippen MR) is 125 cm³/mol. The first-order chi connectivity index (χ1) is 15.8. The van der Waals surface area contributed by atoms with Crippen molar-refractivity contribution in [2.45, 2.75) is 37.6 Å². The number of unbranched alkanes of at least 4 members (excludes halogenated alkanes) is 1. The number of fused-ring (bicyclic) bond motifs is 3. The summed E-state index contributed by atoms with van der Waals surface area (Å²) in [6.45, 7) is 2.49. The van der Waals surface area contributed by atoms with Crippen LogP contribution in [0, 0.1) is 0 Å². The molecular formula is C22H19F3N4O2S2. The summed E-state index contributed by atoms with van der Waals surface area (Å²) in [7, 11) is 0. The number of nitrogens with one attached hydrogen (secondary N) is 1. The molecule has 4 aromatic rings. The number of carbonyl (C=O) groups is 1. The molecule has 1 N–H and O–H groups in total. The Morgan fingerprint density at radius 3 is 2.67 bits per heavy atom. The molecule has 6 nitrogen and oxygen atoms in total. The summed E-state index contributed by atoms with van der Waals surface area (Å²) in [6, 6.07) is 7.88. The number of hydrogen-bond donors (Lipinski definition) is 1. The SMILES string of the molecule is CCCCn1c(SCC(=O)Nc2ccc(C(F)(F)F)cc2)nc2c(sc3ncccc32)c1=O. The Morgan fingerprint density at radius 1 is 1.21 bits per heavy atom. The molecule has 3 heterocycles. The summed E-state index contributed by atoms with van der Waals surface area (Å²) in [6.07, 6.45) is -1.11. The van der Waals surface area contributed by atoms with Crippen molar-refractivity contribution in [3.63, 3.8) is 0 Å². The van der Waals surface area contributed by atoms with Gasteiger partial charge in [0.2, 0.25) is 5.91 Å². The Bertz CT molecular complexity index is 1360. The van der Waals surface area contributed by atoms with E-state index < -0.39 is 17.6 Å². The summed E-state index contributed by atoms with van der Waals surface area (Å²) in [4.78, 5) is 35.3. The Labute approximate surface area is 194 Å². The van der Waals surface area contributed by atoms with Crippen molar-refractivity contribution in [2.75, 3.05) is 11.1 Å². The summed E-state index contributed by atoms with van der Waals surface area (Å²) < 4.78 is 40.2. The molecule has 172 valence electrons. The zero-order valence-corrected chi connectivity index (χ0v) is 19.1. The first-order valence-corrected chi connectivity index (χ1v) is 12.0. The van der Waals surface area contributed by atoms with Crippen LogP contribution in [-0.2, 0) is 17.5 Å². The van der Waals surface area contributed by atoms with Crippen molar-refractivity contribution in [1.82, 2.24) is 14.5 Å². The van der Waals surface area contributed by atoms with E-state index in [1.165, 1.54) is 23.5 Å². The van der Waals surface area contributed by atoms with Crippen molar-refractivity contribution in [3.05, 3.63) is 58.5 Å². The second kappa shape index (κ2) is 9.52. The van der Waals surface area contributed by atoms with E-state index in [2.05, 4.69) is 15.3 Å². The number of benzene rings is 1. The quantitative estimate of drug-likeness (QED) is 0.270. The van der Waals surface area contributed by atoms with E-state index >= 15 is 0 Å². The Balaban J connectivity index is 1.57. The van der Waals surface area contributed by atoms with Crippen molar-refractivity contribution in [3.8, 4) is 0 Å². The average molecular weight is 493 g/mol. The second-order valence-corrected chi connectivity index (χ2v) is 9.19. The van der Waals surface area contributed by atoms with Gasteiger partial charge in [-0.05, 0) is 42.8 Å². The predicted octanol–water partition coefficient (Wildman–Crippen LogP) is 5.56. The van der Waals surface area contributed by atoms with E-state index in [0.717, 1.165) is 47.0 Å². The molecule has 0 aliphatic rings. The highest BCUT2D eigenvalue weighted by Crippen LogP contribution is 2.31. The molecule has 1 aromatic carbocycles. The molecular weight excluding hydrogens is 473 g/mol. The first kappa shape index (κ1) is 23.2. The van der Waals surface area contributed by atoms with Crippen LogP contribution in [0.25, 0.3) is 20.4 Å². The molecule has 11 heteroatoms. The zero-order valence-electron chi connectivity index (χ0n) is 17.5. The van der Waals surface area contributed by atoms with Crippen LogP contribution in [0.3, 0.4) is 0 Å². The molecule has 0 aliphatic heterocycles. The summed E-state index contributed by atoms with van der Waals surface area (Å²) >= 11 is 2.42. The van der Waals surface area contributed by atoms with Gasteiger partial charge in [-0.15, -0.1) is 11.3 Å². The van der Waals surface area contributed by atoms with Crippen LogP contribution in [-0.4, -0.2) is 26.2 Å². The Morgan fingerprint density at radius 2 is 1.97 bits per heavy atom. The van der Waals surface area contributed by atoms with Gasteiger partial charge < -0.3 is 5.32 Å². The molecule has 0 unspecified atom stereocenters. The van der Waals surface area contributed by atoms with E-state index in [9.17, 15) is 22.8 Å². The number of aromatic nitrogens is 3. The maximum Gasteiger partial charge on any atom is 0.416 e. The lowest BCUT2D eigenvalue weighted by Gasteiger charge is -2.12. The molecule has 0 bridgehead atoms. The van der Waals surface area contributed by atoms with Gasteiger partial charge in [0.25, 0.3) is 5.56 Å². The molecule has 0 saturated heterocycles. The van der Waals surface area contributed by atoms with E-state index in [0.29, 0.717) is 21.9 Å². The third-order valence-corrected chi connectivity index (χ3v) is 6.95. The molecule has 4 rings (SSSR count). The number of carbonyl (C=O) groups excluding carboxylic acids is 1. The molecule has 1 amide bonds. The lowest BCUT2D eigenvalue weighted by atomic mass is 10.2. The molecule has 0 fully saturated rings. The van der Waals surface area contributed by atoms with Crippen LogP contribution < -0.4 is 10.9 Å². The summed E-state index contributed by atoms with van der Waals surface area (Å²) in [5.41, 5.74) is -0.131. The van der Waals surface area contributed by atoms with Crippen LogP contribution in [0.15, 0.2) is 52.5 Å².